The molecule has 0 atom stereocenters. The van der Waals surface area contributed by atoms with Gasteiger partial charge in [-0.15, -0.1) is 0 Å². The average molecular weight is 449 g/mol. The Labute approximate surface area is 179 Å². The van der Waals surface area contributed by atoms with Crippen molar-refractivity contribution in [2.45, 2.75) is 32.2 Å². The molecule has 29 heavy (non-hydrogen) atoms. The predicted molar refractivity (Wildman–Crippen MR) is 120 cm³/mol. The average Bonchev–Trinajstić information content (AvgIpc) is 2.73. The lowest BCUT2D eigenvalue weighted by Crippen LogP contribution is -2.51. The van der Waals surface area contributed by atoms with Gasteiger partial charge in [-0.3, -0.25) is 14.7 Å². The van der Waals surface area contributed by atoms with Crippen molar-refractivity contribution in [1.82, 2.24) is 25.2 Å². The summed E-state index contributed by atoms with van der Waals surface area (Å²) in [5, 5.41) is 9.42. The van der Waals surface area contributed by atoms with Crippen molar-refractivity contribution in [3.05, 3.63) is 0 Å². The highest BCUT2D eigenvalue weighted by Crippen LogP contribution is 2.13. The van der Waals surface area contributed by atoms with E-state index in [0.29, 0.717) is 32.1 Å². The van der Waals surface area contributed by atoms with E-state index in [1.54, 1.807) is 23.1 Å². The van der Waals surface area contributed by atoms with Crippen molar-refractivity contribution in [3.63, 3.8) is 0 Å². The highest BCUT2D eigenvalue weighted by atomic mass is 32.2. The summed E-state index contributed by atoms with van der Waals surface area (Å²) in [5.41, 5.74) is 0. The molecule has 2 fully saturated rings. The Balaban J connectivity index is 1.67. The van der Waals surface area contributed by atoms with Gasteiger partial charge in [-0.2, -0.15) is 11.8 Å². The lowest BCUT2D eigenvalue weighted by molar-refractivity contribution is -0.122. The molecule has 0 saturated carbocycles. The fourth-order valence-corrected chi connectivity index (χ4v) is 5.89. The number of hydrogen-bond acceptors (Lipinski definition) is 6. The Kier molecular flexibility index (Phi) is 10.5. The van der Waals surface area contributed by atoms with Crippen LogP contribution in [-0.2, 0) is 14.8 Å². The second-order valence-electron chi connectivity index (χ2n) is 7.37. The molecular formula is C18H36N6O3S2. The lowest BCUT2D eigenvalue weighted by Gasteiger charge is -2.32. The van der Waals surface area contributed by atoms with Crippen LogP contribution < -0.4 is 16.0 Å². The van der Waals surface area contributed by atoms with Gasteiger partial charge in [0.05, 0.1) is 12.3 Å². The van der Waals surface area contributed by atoms with Crippen molar-refractivity contribution in [1.29, 1.82) is 0 Å². The van der Waals surface area contributed by atoms with E-state index in [1.165, 1.54) is 0 Å². The first-order valence-corrected chi connectivity index (χ1v) is 13.2. The van der Waals surface area contributed by atoms with Crippen LogP contribution in [0.25, 0.3) is 0 Å². The molecule has 11 heteroatoms. The summed E-state index contributed by atoms with van der Waals surface area (Å²) < 4.78 is 26.4. The molecule has 9 nitrogen and oxygen atoms in total. The Morgan fingerprint density at radius 1 is 1.10 bits per heavy atom. The van der Waals surface area contributed by atoms with Gasteiger partial charge in [0.1, 0.15) is 0 Å². The van der Waals surface area contributed by atoms with Crippen LogP contribution in [0.4, 0.5) is 0 Å². The number of piperidine rings is 1. The van der Waals surface area contributed by atoms with Gasteiger partial charge >= 0.3 is 0 Å². The number of sulfonamides is 1. The molecule has 2 heterocycles. The summed E-state index contributed by atoms with van der Waals surface area (Å²) in [5.74, 6) is 2.53. The van der Waals surface area contributed by atoms with Gasteiger partial charge in [0.25, 0.3) is 0 Å². The minimum atomic E-state index is -3.22. The number of carbonyl (C=O) groups is 1. The van der Waals surface area contributed by atoms with E-state index in [4.69, 9.17) is 0 Å². The van der Waals surface area contributed by atoms with Crippen molar-refractivity contribution in [2.75, 3.05) is 70.1 Å². The van der Waals surface area contributed by atoms with Crippen LogP contribution in [0.3, 0.4) is 0 Å². The summed E-state index contributed by atoms with van der Waals surface area (Å²) in [6, 6.07) is 0.270. The van der Waals surface area contributed by atoms with Crippen LogP contribution in [0, 0.1) is 0 Å². The molecule has 0 aliphatic carbocycles. The number of amides is 1. The number of nitrogens with one attached hydrogen (secondary N) is 3. The third-order valence-electron chi connectivity index (χ3n) is 5.11. The molecule has 1 amide bonds. The Hall–Kier alpha value is -1.04. The minimum absolute atomic E-state index is 0.0731. The quantitative estimate of drug-likeness (QED) is 0.323. The summed E-state index contributed by atoms with van der Waals surface area (Å²) >= 11 is 1.80. The van der Waals surface area contributed by atoms with Crippen LogP contribution in [0.15, 0.2) is 4.99 Å². The maximum Gasteiger partial charge on any atom is 0.234 e. The first-order valence-electron chi connectivity index (χ1n) is 10.5. The third-order valence-corrected chi connectivity index (χ3v) is 7.92. The molecule has 0 aromatic heterocycles. The number of aliphatic imine (C=N–C) groups is 1. The molecule has 0 radical (unpaired) electrons. The van der Waals surface area contributed by atoms with E-state index < -0.39 is 10.0 Å². The zero-order valence-corrected chi connectivity index (χ0v) is 19.3. The van der Waals surface area contributed by atoms with E-state index >= 15 is 0 Å². The summed E-state index contributed by atoms with van der Waals surface area (Å²) in [6.45, 7) is 6.48. The highest BCUT2D eigenvalue weighted by molar-refractivity contribution is 7.99. The maximum absolute atomic E-state index is 12.4. The molecule has 2 aliphatic heterocycles. The van der Waals surface area contributed by atoms with Crippen LogP contribution >= 0.6 is 11.8 Å². The highest BCUT2D eigenvalue weighted by Gasteiger charge is 2.24. The smallest absolute Gasteiger partial charge is 0.234 e. The molecule has 168 valence electrons. The molecule has 3 N–H and O–H groups in total. The standard InChI is InChI=1S/C18H36N6O3S2/c1-3-6-20-17(25)15-23-8-4-16(5-9-23)22-18(19-2)21-7-14-29(26,27)24-10-12-28-13-11-24/h16H,3-15H2,1-2H3,(H,20,25)(H2,19,21,22). The van der Waals surface area contributed by atoms with Gasteiger partial charge in [-0.1, -0.05) is 6.92 Å². The van der Waals surface area contributed by atoms with E-state index in [1.807, 2.05) is 6.92 Å². The first kappa shape index (κ1) is 24.2. The second-order valence-corrected chi connectivity index (χ2v) is 10.7. The number of rotatable bonds is 9. The van der Waals surface area contributed by atoms with E-state index in [-0.39, 0.29) is 17.7 Å². The van der Waals surface area contributed by atoms with Gasteiger partial charge in [0.2, 0.25) is 15.9 Å². The van der Waals surface area contributed by atoms with Gasteiger partial charge < -0.3 is 16.0 Å². The van der Waals surface area contributed by atoms with Gasteiger partial charge in [0, 0.05) is 63.9 Å². The van der Waals surface area contributed by atoms with Crippen LogP contribution in [0.1, 0.15) is 26.2 Å². The number of likely N-dealkylation sites (tertiary alicyclic amines) is 1. The lowest BCUT2D eigenvalue weighted by atomic mass is 10.1. The molecule has 2 rings (SSSR count). The molecular weight excluding hydrogens is 412 g/mol. The summed E-state index contributed by atoms with van der Waals surface area (Å²) in [6.07, 6.45) is 2.79. The fraction of sp³-hybridized carbons (Fsp3) is 0.889. The zero-order valence-electron chi connectivity index (χ0n) is 17.7. The van der Waals surface area contributed by atoms with E-state index in [0.717, 1.165) is 50.4 Å². The molecule has 2 saturated heterocycles. The van der Waals surface area contributed by atoms with E-state index in [9.17, 15) is 13.2 Å². The molecule has 0 spiro atoms. The van der Waals surface area contributed by atoms with Crippen LogP contribution in [0.5, 0.6) is 0 Å². The third kappa shape index (κ3) is 8.69. The fourth-order valence-electron chi connectivity index (χ4n) is 3.40. The molecule has 0 unspecified atom stereocenters. The number of carbonyl (C=O) groups excluding carboxylic acids is 1. The van der Waals surface area contributed by atoms with Crippen molar-refractivity contribution >= 4 is 33.7 Å². The van der Waals surface area contributed by atoms with Gasteiger partial charge in [-0.25, -0.2) is 12.7 Å². The van der Waals surface area contributed by atoms with Gasteiger partial charge in [0.15, 0.2) is 5.96 Å². The number of hydrogen-bond donors (Lipinski definition) is 3. The Bertz CT molecular complexity index is 630. The van der Waals surface area contributed by atoms with E-state index in [2.05, 4.69) is 25.8 Å². The zero-order chi connectivity index (χ0) is 21.1. The first-order chi connectivity index (χ1) is 13.9. The normalized spacial score (nSPS) is 20.4. The Morgan fingerprint density at radius 2 is 1.79 bits per heavy atom. The summed E-state index contributed by atoms with van der Waals surface area (Å²) in [4.78, 5) is 18.2. The van der Waals surface area contributed by atoms with Crippen molar-refractivity contribution < 1.29 is 13.2 Å². The second kappa shape index (κ2) is 12.6. The van der Waals surface area contributed by atoms with Gasteiger partial charge in [-0.05, 0) is 19.3 Å². The van der Waals surface area contributed by atoms with Crippen molar-refractivity contribution in [3.8, 4) is 0 Å². The predicted octanol–water partition coefficient (Wildman–Crippen LogP) is -0.479. The molecule has 2 aliphatic rings. The number of nitrogens with zero attached hydrogens (tertiary/aromatic N) is 3. The minimum Gasteiger partial charge on any atom is -0.355 e. The number of thioether (sulfide) groups is 1. The van der Waals surface area contributed by atoms with Crippen LogP contribution in [-0.4, -0.2) is 106 Å². The topological polar surface area (TPSA) is 106 Å². The SMILES string of the molecule is CCCNC(=O)CN1CCC(NC(=NC)NCCS(=O)(=O)N2CCSCC2)CC1. The summed E-state index contributed by atoms with van der Waals surface area (Å²) in [7, 11) is -1.52. The number of guanidine groups is 1. The monoisotopic (exact) mass is 448 g/mol. The van der Waals surface area contributed by atoms with Crippen molar-refractivity contribution in [2.24, 2.45) is 4.99 Å². The maximum atomic E-state index is 12.4. The molecule has 0 bridgehead atoms. The largest absolute Gasteiger partial charge is 0.355 e. The Morgan fingerprint density at radius 3 is 2.41 bits per heavy atom. The molecule has 0 aromatic carbocycles. The molecule has 0 aromatic rings. The van der Waals surface area contributed by atoms with Crippen LogP contribution in [0.2, 0.25) is 0 Å².